The van der Waals surface area contributed by atoms with Gasteiger partial charge in [0.25, 0.3) is 0 Å². The summed E-state index contributed by atoms with van der Waals surface area (Å²) in [6.45, 7) is 6.02. The van der Waals surface area contributed by atoms with Gasteiger partial charge in [-0.1, -0.05) is 27.2 Å². The molecule has 0 fully saturated rings. The maximum atomic E-state index is 8.36. The summed E-state index contributed by atoms with van der Waals surface area (Å²) in [4.78, 5) is 0. The second-order valence-corrected chi connectivity index (χ2v) is 3.72. The van der Waals surface area contributed by atoms with E-state index in [9.17, 15) is 0 Å². The Labute approximate surface area is 86.2 Å². The first kappa shape index (κ1) is 16.3. The maximum Gasteiger partial charge on any atom is 0.151 e. The lowest BCUT2D eigenvalue weighted by Gasteiger charge is -2.04. The van der Waals surface area contributed by atoms with Crippen molar-refractivity contribution in [3.05, 3.63) is 0 Å². The largest absolute Gasteiger partial charge is 0.368 e. The molecule has 0 aromatic carbocycles. The van der Waals surface area contributed by atoms with Crippen LogP contribution >= 0.6 is 0 Å². The van der Waals surface area contributed by atoms with Crippen molar-refractivity contribution in [2.24, 2.45) is 5.92 Å². The van der Waals surface area contributed by atoms with Crippen molar-refractivity contribution in [1.29, 1.82) is 0 Å². The summed E-state index contributed by atoms with van der Waals surface area (Å²) in [5, 5.41) is 32.9. The smallest absolute Gasteiger partial charge is 0.151 e. The molecule has 14 heavy (non-hydrogen) atoms. The number of hydrogen-bond donors (Lipinski definition) is 4. The molecule has 4 heteroatoms. The first-order valence-electron chi connectivity index (χ1n) is 5.12. The average Bonchev–Trinajstić information content (AvgIpc) is 2.01. The van der Waals surface area contributed by atoms with Gasteiger partial charge in [-0.15, -0.1) is 0 Å². The van der Waals surface area contributed by atoms with E-state index in [-0.39, 0.29) is 0 Å². The van der Waals surface area contributed by atoms with E-state index in [1.165, 1.54) is 0 Å². The zero-order valence-corrected chi connectivity index (χ0v) is 9.35. The van der Waals surface area contributed by atoms with Gasteiger partial charge >= 0.3 is 0 Å². The van der Waals surface area contributed by atoms with Gasteiger partial charge in [-0.2, -0.15) is 0 Å². The lowest BCUT2D eigenvalue weighted by atomic mass is 10.1. The second kappa shape index (κ2) is 10.9. The zero-order valence-electron chi connectivity index (χ0n) is 9.35. The summed E-state index contributed by atoms with van der Waals surface area (Å²) >= 11 is 0. The summed E-state index contributed by atoms with van der Waals surface area (Å²) in [5.74, 6) is 0.566. The van der Waals surface area contributed by atoms with Crippen molar-refractivity contribution in [2.45, 2.75) is 59.0 Å². The molecule has 0 saturated heterocycles. The van der Waals surface area contributed by atoms with Gasteiger partial charge in [0.15, 0.2) is 12.6 Å². The Morgan fingerprint density at radius 2 is 1.21 bits per heavy atom. The van der Waals surface area contributed by atoms with E-state index >= 15 is 0 Å². The molecule has 0 radical (unpaired) electrons. The van der Waals surface area contributed by atoms with Crippen LogP contribution in [0.5, 0.6) is 0 Å². The van der Waals surface area contributed by atoms with Crippen LogP contribution in [0.15, 0.2) is 0 Å². The highest BCUT2D eigenvalue weighted by molar-refractivity contribution is 4.45. The van der Waals surface area contributed by atoms with Crippen LogP contribution in [0.3, 0.4) is 0 Å². The molecule has 0 spiro atoms. The molecule has 4 N–H and O–H groups in total. The normalized spacial score (nSPS) is 10.7. The van der Waals surface area contributed by atoms with Crippen LogP contribution in [0.1, 0.15) is 46.5 Å². The van der Waals surface area contributed by atoms with E-state index in [1.54, 1.807) is 0 Å². The standard InChI is InChI=1S/C6H14O2.C4H10O2/c1-5(2)3-4-6(7)8;1-2-3-4(5)6/h5-8H,3-4H2,1-2H3;4-6H,2-3H2,1H3. The Hall–Kier alpha value is -0.160. The molecule has 0 amide bonds. The molecule has 0 rings (SSSR count). The molecule has 0 atom stereocenters. The fourth-order valence-electron chi connectivity index (χ4n) is 0.741. The molecule has 0 saturated carbocycles. The predicted octanol–water partition coefficient (Wildman–Crippen LogP) is 0.830. The Morgan fingerprint density at radius 1 is 0.786 bits per heavy atom. The van der Waals surface area contributed by atoms with Gasteiger partial charge in [0.1, 0.15) is 0 Å². The van der Waals surface area contributed by atoms with Crippen LogP contribution in [0.25, 0.3) is 0 Å². The predicted molar refractivity (Wildman–Crippen MR) is 55.4 cm³/mol. The van der Waals surface area contributed by atoms with Crippen molar-refractivity contribution < 1.29 is 20.4 Å². The summed E-state index contributed by atoms with van der Waals surface area (Å²) in [6.07, 6.45) is 0.486. The lowest BCUT2D eigenvalue weighted by molar-refractivity contribution is -0.0483. The van der Waals surface area contributed by atoms with E-state index in [0.29, 0.717) is 18.8 Å². The minimum Gasteiger partial charge on any atom is -0.368 e. The highest BCUT2D eigenvalue weighted by Gasteiger charge is 1.98. The first-order chi connectivity index (χ1) is 6.40. The van der Waals surface area contributed by atoms with Gasteiger partial charge in [-0.25, -0.2) is 0 Å². The number of hydrogen-bond acceptors (Lipinski definition) is 4. The third-order valence-corrected chi connectivity index (χ3v) is 1.55. The summed E-state index contributed by atoms with van der Waals surface area (Å²) in [7, 11) is 0. The van der Waals surface area contributed by atoms with Crippen molar-refractivity contribution in [1.82, 2.24) is 0 Å². The van der Waals surface area contributed by atoms with E-state index in [0.717, 1.165) is 12.8 Å². The fourth-order valence-corrected chi connectivity index (χ4v) is 0.741. The highest BCUT2D eigenvalue weighted by Crippen LogP contribution is 2.04. The van der Waals surface area contributed by atoms with Crippen LogP contribution in [0.4, 0.5) is 0 Å². The third kappa shape index (κ3) is 22.6. The number of aliphatic hydroxyl groups excluding tert-OH is 2. The van der Waals surface area contributed by atoms with Crippen molar-refractivity contribution >= 4 is 0 Å². The molecule has 0 aliphatic heterocycles. The molecule has 0 aliphatic carbocycles. The van der Waals surface area contributed by atoms with Gasteiger partial charge in [-0.3, -0.25) is 0 Å². The molecule has 0 unspecified atom stereocenters. The first-order valence-corrected chi connectivity index (χ1v) is 5.12. The highest BCUT2D eigenvalue weighted by atomic mass is 16.5. The number of aliphatic hydroxyl groups is 4. The molecule has 0 heterocycles. The van der Waals surface area contributed by atoms with Crippen LogP contribution in [-0.2, 0) is 0 Å². The molecular weight excluding hydrogens is 184 g/mol. The van der Waals surface area contributed by atoms with Crippen LogP contribution in [0, 0.1) is 5.92 Å². The Morgan fingerprint density at radius 3 is 1.29 bits per heavy atom. The maximum absolute atomic E-state index is 8.36. The van der Waals surface area contributed by atoms with E-state index in [4.69, 9.17) is 20.4 Å². The molecule has 88 valence electrons. The third-order valence-electron chi connectivity index (χ3n) is 1.55. The summed E-state index contributed by atoms with van der Waals surface area (Å²) in [6, 6.07) is 0. The molecule has 0 aromatic rings. The Kier molecular flexibility index (Phi) is 12.7. The average molecular weight is 208 g/mol. The van der Waals surface area contributed by atoms with Crippen molar-refractivity contribution in [3.63, 3.8) is 0 Å². The Balaban J connectivity index is 0. The van der Waals surface area contributed by atoms with Crippen molar-refractivity contribution in [3.8, 4) is 0 Å². The minimum absolute atomic E-state index is 0.486. The van der Waals surface area contributed by atoms with Gasteiger partial charge in [0.05, 0.1) is 0 Å². The quantitative estimate of drug-likeness (QED) is 0.504. The number of rotatable bonds is 5. The van der Waals surface area contributed by atoms with Gasteiger partial charge in [0.2, 0.25) is 0 Å². The molecule has 0 aromatic heterocycles. The molecule has 0 bridgehead atoms. The lowest BCUT2D eigenvalue weighted by Crippen LogP contribution is -2.04. The summed E-state index contributed by atoms with van der Waals surface area (Å²) in [5.41, 5.74) is 0. The van der Waals surface area contributed by atoms with Crippen LogP contribution < -0.4 is 0 Å². The van der Waals surface area contributed by atoms with Crippen LogP contribution in [0.2, 0.25) is 0 Å². The van der Waals surface area contributed by atoms with Gasteiger partial charge in [0, 0.05) is 0 Å². The van der Waals surface area contributed by atoms with E-state index in [2.05, 4.69) is 13.8 Å². The van der Waals surface area contributed by atoms with E-state index < -0.39 is 12.6 Å². The second-order valence-electron chi connectivity index (χ2n) is 3.72. The van der Waals surface area contributed by atoms with Crippen LogP contribution in [-0.4, -0.2) is 33.0 Å². The van der Waals surface area contributed by atoms with Gasteiger partial charge in [-0.05, 0) is 25.2 Å². The molecular formula is C10H24O4. The monoisotopic (exact) mass is 208 g/mol. The molecule has 4 nitrogen and oxygen atoms in total. The summed E-state index contributed by atoms with van der Waals surface area (Å²) < 4.78 is 0. The van der Waals surface area contributed by atoms with E-state index in [1.807, 2.05) is 6.92 Å². The SMILES string of the molecule is CC(C)CCC(O)O.CCCC(O)O. The minimum atomic E-state index is -1.11. The van der Waals surface area contributed by atoms with Gasteiger partial charge < -0.3 is 20.4 Å². The molecule has 0 aliphatic rings. The fraction of sp³-hybridized carbons (Fsp3) is 1.00. The van der Waals surface area contributed by atoms with Crippen molar-refractivity contribution in [2.75, 3.05) is 0 Å². The zero-order chi connectivity index (χ0) is 11.6. The topological polar surface area (TPSA) is 80.9 Å². The Bertz CT molecular complexity index is 94.3.